The van der Waals surface area contributed by atoms with Crippen molar-refractivity contribution in [2.45, 2.75) is 19.3 Å². The van der Waals surface area contributed by atoms with Crippen LogP contribution in [0.25, 0.3) is 0 Å². The van der Waals surface area contributed by atoms with Gasteiger partial charge in [-0.15, -0.1) is 0 Å². The topological polar surface area (TPSA) is 87.0 Å². The third kappa shape index (κ3) is 4.07. The van der Waals surface area contributed by atoms with Crippen molar-refractivity contribution in [2.75, 3.05) is 6.61 Å². The van der Waals surface area contributed by atoms with Crippen LogP contribution in [0.3, 0.4) is 0 Å². The maximum Gasteiger partial charge on any atom is 0.332 e. The lowest BCUT2D eigenvalue weighted by atomic mass is 10.4. The first-order valence-corrected chi connectivity index (χ1v) is 3.42. The number of esters is 1. The summed E-state index contributed by atoms with van der Waals surface area (Å²) in [5.41, 5.74) is 0. The summed E-state index contributed by atoms with van der Waals surface area (Å²) in [7, 11) is 0. The van der Waals surface area contributed by atoms with Gasteiger partial charge in [-0.1, -0.05) is 6.08 Å². The van der Waals surface area contributed by atoms with Crippen LogP contribution in [0.5, 0.6) is 0 Å². The third-order valence-electron chi connectivity index (χ3n) is 1.06. The number of rotatable bonds is 4. The maximum absolute atomic E-state index is 10.6. The van der Waals surface area contributed by atoms with Crippen LogP contribution >= 0.6 is 0 Å². The van der Waals surface area contributed by atoms with Crippen LogP contribution in [0.1, 0.15) is 6.92 Å². The minimum absolute atomic E-state index is 0.662. The summed E-state index contributed by atoms with van der Waals surface area (Å²) in [4.78, 5) is 10.6. The highest BCUT2D eigenvalue weighted by atomic mass is 16.6. The molecule has 0 fully saturated rings. The lowest BCUT2D eigenvalue weighted by Gasteiger charge is -2.14. The number of ether oxygens (including phenoxy) is 1. The van der Waals surface area contributed by atoms with Crippen molar-refractivity contribution in [3.63, 3.8) is 0 Å². The molecule has 0 bridgehead atoms. The van der Waals surface area contributed by atoms with E-state index in [9.17, 15) is 4.79 Å². The molecule has 3 N–H and O–H groups in total. The molecule has 0 amide bonds. The number of hydrogen-bond donors (Lipinski definition) is 3. The van der Waals surface area contributed by atoms with Crippen LogP contribution in [-0.4, -0.2) is 40.3 Å². The maximum atomic E-state index is 10.6. The molecule has 2 unspecified atom stereocenters. The van der Waals surface area contributed by atoms with Crippen molar-refractivity contribution < 1.29 is 24.9 Å². The Bertz CT molecular complexity index is 165. The Morgan fingerprint density at radius 2 is 2.17 bits per heavy atom. The molecule has 0 aromatic carbocycles. The number of carbonyl (C=O) groups excluding carboxylic acids is 1. The minimum Gasteiger partial charge on any atom is -0.430 e. The normalized spacial score (nSPS) is 16.0. The molecule has 0 aliphatic heterocycles. The second kappa shape index (κ2) is 5.70. The molecule has 0 saturated carbocycles. The van der Waals surface area contributed by atoms with E-state index in [0.717, 1.165) is 6.08 Å². The van der Waals surface area contributed by atoms with E-state index in [0.29, 0.717) is 0 Å². The molecule has 5 heteroatoms. The predicted octanol–water partition coefficient (Wildman–Crippen LogP) is -1.22. The van der Waals surface area contributed by atoms with E-state index in [1.807, 2.05) is 0 Å². The fourth-order valence-corrected chi connectivity index (χ4v) is 0.463. The summed E-state index contributed by atoms with van der Waals surface area (Å²) in [5.74, 6) is -0.766. The van der Waals surface area contributed by atoms with Crippen molar-refractivity contribution >= 4 is 5.97 Å². The van der Waals surface area contributed by atoms with Crippen LogP contribution in [0, 0.1) is 0 Å². The van der Waals surface area contributed by atoms with Crippen molar-refractivity contribution in [1.29, 1.82) is 0 Å². The van der Waals surface area contributed by atoms with E-state index >= 15 is 0 Å². The number of hydrogen-bond acceptors (Lipinski definition) is 5. The SMILES string of the molecule is CC=CC(=O)OC(O)C(O)CO. The molecular weight excluding hydrogens is 164 g/mol. The van der Waals surface area contributed by atoms with Gasteiger partial charge in [0.1, 0.15) is 6.10 Å². The van der Waals surface area contributed by atoms with Gasteiger partial charge in [-0.2, -0.15) is 0 Å². The van der Waals surface area contributed by atoms with E-state index in [2.05, 4.69) is 4.74 Å². The number of aliphatic hydroxyl groups is 3. The molecule has 0 aromatic rings. The molecule has 12 heavy (non-hydrogen) atoms. The number of allylic oxidation sites excluding steroid dienone is 1. The molecule has 0 aliphatic carbocycles. The summed E-state index contributed by atoms with van der Waals surface area (Å²) in [6.45, 7) is 0.945. The average Bonchev–Trinajstić information content (AvgIpc) is 2.03. The van der Waals surface area contributed by atoms with Crippen molar-refractivity contribution in [3.05, 3.63) is 12.2 Å². The fraction of sp³-hybridized carbons (Fsp3) is 0.571. The highest BCUT2D eigenvalue weighted by molar-refractivity contribution is 5.81. The van der Waals surface area contributed by atoms with Gasteiger partial charge in [0, 0.05) is 6.08 Å². The van der Waals surface area contributed by atoms with Gasteiger partial charge in [0.2, 0.25) is 6.29 Å². The first kappa shape index (κ1) is 11.1. The van der Waals surface area contributed by atoms with Gasteiger partial charge in [-0.05, 0) is 6.92 Å². The Labute approximate surface area is 69.9 Å². The summed E-state index contributed by atoms with van der Waals surface area (Å²) in [6.07, 6.45) is -0.619. The fourth-order valence-electron chi connectivity index (χ4n) is 0.463. The molecule has 2 atom stereocenters. The third-order valence-corrected chi connectivity index (χ3v) is 1.06. The second-order valence-electron chi connectivity index (χ2n) is 2.08. The quantitative estimate of drug-likeness (QED) is 0.284. The lowest BCUT2D eigenvalue weighted by molar-refractivity contribution is -0.185. The summed E-state index contributed by atoms with van der Waals surface area (Å²) >= 11 is 0. The first-order chi connectivity index (χ1) is 5.61. The zero-order valence-electron chi connectivity index (χ0n) is 6.67. The Balaban J connectivity index is 3.83. The van der Waals surface area contributed by atoms with Gasteiger partial charge in [0.25, 0.3) is 0 Å². The van der Waals surface area contributed by atoms with E-state index in [1.54, 1.807) is 6.92 Å². The minimum atomic E-state index is -1.68. The van der Waals surface area contributed by atoms with E-state index in [4.69, 9.17) is 15.3 Å². The Hall–Kier alpha value is -0.910. The van der Waals surface area contributed by atoms with Gasteiger partial charge in [-0.3, -0.25) is 0 Å². The zero-order chi connectivity index (χ0) is 9.56. The van der Waals surface area contributed by atoms with E-state index in [-0.39, 0.29) is 0 Å². The molecule has 5 nitrogen and oxygen atoms in total. The molecule has 0 heterocycles. The molecule has 70 valence electrons. The van der Waals surface area contributed by atoms with Crippen LogP contribution in [0.4, 0.5) is 0 Å². The summed E-state index contributed by atoms with van der Waals surface area (Å²) < 4.78 is 4.26. The number of aliphatic hydroxyl groups excluding tert-OH is 3. The molecule has 0 aliphatic rings. The molecule has 0 rings (SSSR count). The Kier molecular flexibility index (Phi) is 5.27. The van der Waals surface area contributed by atoms with Gasteiger partial charge < -0.3 is 20.1 Å². The molecule has 0 spiro atoms. The summed E-state index contributed by atoms with van der Waals surface area (Å²) in [6, 6.07) is 0. The molecule has 0 saturated heterocycles. The van der Waals surface area contributed by atoms with Gasteiger partial charge in [0.05, 0.1) is 6.61 Å². The molecule has 0 radical (unpaired) electrons. The summed E-state index contributed by atoms with van der Waals surface area (Å²) in [5, 5.41) is 25.9. The van der Waals surface area contributed by atoms with Crippen LogP contribution in [0.15, 0.2) is 12.2 Å². The average molecular weight is 176 g/mol. The Morgan fingerprint density at radius 3 is 2.58 bits per heavy atom. The van der Waals surface area contributed by atoms with Gasteiger partial charge in [-0.25, -0.2) is 4.79 Å². The van der Waals surface area contributed by atoms with Gasteiger partial charge in [0.15, 0.2) is 0 Å². The predicted molar refractivity (Wildman–Crippen MR) is 40.0 cm³/mol. The monoisotopic (exact) mass is 176 g/mol. The van der Waals surface area contributed by atoms with E-state index in [1.165, 1.54) is 6.08 Å². The standard InChI is InChI=1S/C7H12O5/c1-2-3-6(10)12-7(11)5(9)4-8/h2-3,5,7-9,11H,4H2,1H3. The highest BCUT2D eigenvalue weighted by Crippen LogP contribution is 1.95. The second-order valence-corrected chi connectivity index (χ2v) is 2.08. The number of carbonyl (C=O) groups is 1. The smallest absolute Gasteiger partial charge is 0.332 e. The Morgan fingerprint density at radius 1 is 1.58 bits per heavy atom. The first-order valence-electron chi connectivity index (χ1n) is 3.42. The van der Waals surface area contributed by atoms with Gasteiger partial charge >= 0.3 is 5.97 Å². The van der Waals surface area contributed by atoms with Crippen LogP contribution < -0.4 is 0 Å². The molecule has 0 aromatic heterocycles. The van der Waals surface area contributed by atoms with Crippen LogP contribution in [0.2, 0.25) is 0 Å². The zero-order valence-corrected chi connectivity index (χ0v) is 6.67. The van der Waals surface area contributed by atoms with Crippen molar-refractivity contribution in [1.82, 2.24) is 0 Å². The van der Waals surface area contributed by atoms with Crippen LogP contribution in [-0.2, 0) is 9.53 Å². The highest BCUT2D eigenvalue weighted by Gasteiger charge is 2.17. The van der Waals surface area contributed by atoms with E-state index < -0.39 is 25.0 Å². The largest absolute Gasteiger partial charge is 0.430 e. The molecular formula is C7H12O5. The van der Waals surface area contributed by atoms with Crippen molar-refractivity contribution in [3.8, 4) is 0 Å². The lowest BCUT2D eigenvalue weighted by Crippen LogP contribution is -2.33. The van der Waals surface area contributed by atoms with Crippen molar-refractivity contribution in [2.24, 2.45) is 0 Å².